The summed E-state index contributed by atoms with van der Waals surface area (Å²) in [7, 11) is 2.25. The Labute approximate surface area is 130 Å². The van der Waals surface area contributed by atoms with Crippen LogP contribution in [0.4, 0.5) is 0 Å². The Morgan fingerprint density at radius 2 is 1.86 bits per heavy atom. The Kier molecular flexibility index (Phi) is 6.06. The van der Waals surface area contributed by atoms with Crippen LogP contribution in [0.15, 0.2) is 0 Å². The van der Waals surface area contributed by atoms with Crippen LogP contribution in [0.25, 0.3) is 0 Å². The maximum atomic E-state index is 10.2. The van der Waals surface area contributed by atoms with E-state index in [0.29, 0.717) is 18.1 Å². The van der Waals surface area contributed by atoms with Gasteiger partial charge in [0.2, 0.25) is 0 Å². The number of aliphatic hydroxyl groups is 1. The number of nitrogens with one attached hydrogen (secondary N) is 2. The Balaban J connectivity index is 1.67. The first-order valence-electron chi connectivity index (χ1n) is 8.78. The van der Waals surface area contributed by atoms with Gasteiger partial charge in [-0.25, -0.2) is 0 Å². The van der Waals surface area contributed by atoms with E-state index in [1.54, 1.807) is 4.90 Å². The summed E-state index contributed by atoms with van der Waals surface area (Å²) < 4.78 is 6.04. The minimum absolute atomic E-state index is 0.307. The number of aliphatic hydroxyl groups excluding tert-OH is 1. The molecule has 0 bridgehead atoms. The molecule has 3 N–H and O–H groups in total. The smallest absolute Gasteiger partial charge is 0.127 e. The van der Waals surface area contributed by atoms with Gasteiger partial charge in [0.05, 0.1) is 19.8 Å². The van der Waals surface area contributed by atoms with E-state index in [9.17, 15) is 5.11 Å². The van der Waals surface area contributed by atoms with Gasteiger partial charge in [0.1, 0.15) is 38.8 Å². The van der Waals surface area contributed by atoms with E-state index in [-0.39, 0.29) is 6.10 Å². The zero-order chi connectivity index (χ0) is 15.5. The van der Waals surface area contributed by atoms with Gasteiger partial charge in [-0.1, -0.05) is 20.8 Å². The van der Waals surface area contributed by atoms with Gasteiger partial charge in [-0.3, -0.25) is 0 Å². The second-order valence-corrected chi connectivity index (χ2v) is 8.43. The molecule has 21 heavy (non-hydrogen) atoms. The number of quaternary nitrogens is 2. The Hall–Kier alpha value is -0.160. The van der Waals surface area contributed by atoms with Crippen LogP contribution in [0.5, 0.6) is 0 Å². The molecular formula is C17H36N2O2+2. The van der Waals surface area contributed by atoms with Gasteiger partial charge < -0.3 is 19.6 Å². The van der Waals surface area contributed by atoms with E-state index in [1.807, 2.05) is 0 Å². The first-order chi connectivity index (χ1) is 9.84. The molecule has 124 valence electrons. The minimum Gasteiger partial charge on any atom is -0.385 e. The molecule has 0 aromatic heterocycles. The summed E-state index contributed by atoms with van der Waals surface area (Å²) in [6, 6.07) is 0. The monoisotopic (exact) mass is 300 g/mol. The Morgan fingerprint density at radius 3 is 2.48 bits per heavy atom. The highest BCUT2D eigenvalue weighted by molar-refractivity contribution is 4.83. The number of rotatable bonds is 5. The molecule has 0 aromatic carbocycles. The summed E-state index contributed by atoms with van der Waals surface area (Å²) in [6.07, 6.45) is 3.61. The van der Waals surface area contributed by atoms with E-state index in [2.05, 4.69) is 27.8 Å². The largest absolute Gasteiger partial charge is 0.385 e. The van der Waals surface area contributed by atoms with Crippen LogP contribution in [0, 0.1) is 11.3 Å². The molecule has 0 aromatic rings. The summed E-state index contributed by atoms with van der Waals surface area (Å²) in [4.78, 5) is 3.15. The topological polar surface area (TPSA) is 38.3 Å². The summed E-state index contributed by atoms with van der Waals surface area (Å²) in [5.41, 5.74) is 0.388. The SMILES string of the molecule is C[C@@H]1C[C@@H](OC[C@H](O)C[NH+]2CC[NH+](C)CC2)CC(C)(C)C1. The highest BCUT2D eigenvalue weighted by Crippen LogP contribution is 2.39. The Bertz CT molecular complexity index is 314. The maximum absolute atomic E-state index is 10.2. The third-order valence-electron chi connectivity index (χ3n) is 5.21. The zero-order valence-electron chi connectivity index (χ0n) is 14.5. The molecule has 0 amide bonds. The van der Waals surface area contributed by atoms with Crippen molar-refractivity contribution in [3.8, 4) is 0 Å². The zero-order valence-corrected chi connectivity index (χ0v) is 14.5. The van der Waals surface area contributed by atoms with Crippen LogP contribution in [-0.4, -0.2) is 63.7 Å². The predicted octanol–water partition coefficient (Wildman–Crippen LogP) is -1.01. The van der Waals surface area contributed by atoms with Crippen molar-refractivity contribution in [2.75, 3.05) is 46.4 Å². The molecule has 4 nitrogen and oxygen atoms in total. The molecule has 4 heteroatoms. The molecular weight excluding hydrogens is 264 g/mol. The molecule has 2 aliphatic rings. The van der Waals surface area contributed by atoms with Crippen LogP contribution >= 0.6 is 0 Å². The molecule has 2 rings (SSSR count). The highest BCUT2D eigenvalue weighted by atomic mass is 16.5. The summed E-state index contributed by atoms with van der Waals surface area (Å²) in [6.45, 7) is 13.2. The Morgan fingerprint density at radius 1 is 1.19 bits per heavy atom. The van der Waals surface area contributed by atoms with Gasteiger partial charge in [-0.2, -0.15) is 0 Å². The standard InChI is InChI=1S/C17H34N2O2/c1-14-9-16(11-17(2,3)10-14)21-13-15(20)12-19-7-5-18(4)6-8-19/h14-16,20H,5-13H2,1-4H3/p+2/t14-,15-,16-/m1/s1. The van der Waals surface area contributed by atoms with Crippen molar-refractivity contribution in [3.05, 3.63) is 0 Å². The molecule has 1 aliphatic heterocycles. The fourth-order valence-corrected chi connectivity index (χ4v) is 4.26. The second-order valence-electron chi connectivity index (χ2n) is 8.43. The van der Waals surface area contributed by atoms with Gasteiger partial charge in [0.15, 0.2) is 0 Å². The fraction of sp³-hybridized carbons (Fsp3) is 1.00. The third kappa shape index (κ3) is 5.85. The maximum Gasteiger partial charge on any atom is 0.127 e. The lowest BCUT2D eigenvalue weighted by molar-refractivity contribution is -1.00. The van der Waals surface area contributed by atoms with Gasteiger partial charge in [-0.05, 0) is 30.6 Å². The van der Waals surface area contributed by atoms with Crippen molar-refractivity contribution >= 4 is 0 Å². The lowest BCUT2D eigenvalue weighted by Crippen LogP contribution is -3.27. The first-order valence-corrected chi connectivity index (χ1v) is 8.78. The average Bonchev–Trinajstić information content (AvgIpc) is 2.37. The van der Waals surface area contributed by atoms with Crippen LogP contribution in [0.2, 0.25) is 0 Å². The molecule has 1 heterocycles. The fourth-order valence-electron chi connectivity index (χ4n) is 4.26. The van der Waals surface area contributed by atoms with Crippen molar-refractivity contribution in [1.82, 2.24) is 0 Å². The predicted molar refractivity (Wildman–Crippen MR) is 84.7 cm³/mol. The number of piperazine rings is 1. The molecule has 1 saturated carbocycles. The van der Waals surface area contributed by atoms with Gasteiger partial charge in [0.25, 0.3) is 0 Å². The lowest BCUT2D eigenvalue weighted by atomic mass is 9.71. The molecule has 1 saturated heterocycles. The average molecular weight is 300 g/mol. The van der Waals surface area contributed by atoms with E-state index in [0.717, 1.165) is 25.3 Å². The number of hydrogen-bond acceptors (Lipinski definition) is 2. The third-order valence-corrected chi connectivity index (χ3v) is 5.21. The van der Waals surface area contributed by atoms with E-state index in [4.69, 9.17) is 4.74 Å². The van der Waals surface area contributed by atoms with Crippen LogP contribution in [0.3, 0.4) is 0 Å². The minimum atomic E-state index is -0.307. The summed E-state index contributed by atoms with van der Waals surface area (Å²) >= 11 is 0. The molecule has 3 atom stereocenters. The van der Waals surface area contributed by atoms with Crippen molar-refractivity contribution in [1.29, 1.82) is 0 Å². The van der Waals surface area contributed by atoms with Crippen molar-refractivity contribution < 1.29 is 19.6 Å². The van der Waals surface area contributed by atoms with Crippen molar-refractivity contribution in [2.24, 2.45) is 11.3 Å². The number of ether oxygens (including phenoxy) is 1. The van der Waals surface area contributed by atoms with Gasteiger partial charge >= 0.3 is 0 Å². The summed E-state index contributed by atoms with van der Waals surface area (Å²) in [5.74, 6) is 0.738. The van der Waals surface area contributed by atoms with Crippen molar-refractivity contribution in [2.45, 2.75) is 52.2 Å². The molecule has 0 radical (unpaired) electrons. The van der Waals surface area contributed by atoms with Crippen LogP contribution < -0.4 is 9.80 Å². The normalized spacial score (nSPS) is 38.1. The first kappa shape index (κ1) is 17.2. The van der Waals surface area contributed by atoms with E-state index in [1.165, 1.54) is 37.5 Å². The van der Waals surface area contributed by atoms with E-state index >= 15 is 0 Å². The quantitative estimate of drug-likeness (QED) is 0.609. The molecule has 2 fully saturated rings. The van der Waals surface area contributed by atoms with Gasteiger partial charge in [0, 0.05) is 0 Å². The number of likely N-dealkylation sites (N-methyl/N-ethyl adjacent to an activating group) is 1. The summed E-state index contributed by atoms with van der Waals surface area (Å²) in [5, 5.41) is 10.2. The van der Waals surface area contributed by atoms with E-state index < -0.39 is 0 Å². The molecule has 0 unspecified atom stereocenters. The van der Waals surface area contributed by atoms with Crippen LogP contribution in [0.1, 0.15) is 40.0 Å². The van der Waals surface area contributed by atoms with Gasteiger partial charge in [-0.15, -0.1) is 0 Å². The van der Waals surface area contributed by atoms with Crippen molar-refractivity contribution in [3.63, 3.8) is 0 Å². The van der Waals surface area contributed by atoms with Crippen LogP contribution in [-0.2, 0) is 4.74 Å². The molecule has 1 aliphatic carbocycles. The lowest BCUT2D eigenvalue weighted by Gasteiger charge is -2.39. The highest BCUT2D eigenvalue weighted by Gasteiger charge is 2.33. The second kappa shape index (κ2) is 7.40. The number of hydrogen-bond donors (Lipinski definition) is 3. The molecule has 0 spiro atoms.